The Balaban J connectivity index is 2.00. The molecule has 0 fully saturated rings. The molecule has 2 aromatic rings. The van der Waals surface area contributed by atoms with Crippen LogP contribution in [0.1, 0.15) is 17.4 Å². The number of ether oxygens (including phenoxy) is 2. The van der Waals surface area contributed by atoms with Gasteiger partial charge in [-0.1, -0.05) is 11.6 Å². The highest BCUT2D eigenvalue weighted by Crippen LogP contribution is 2.40. The lowest BCUT2D eigenvalue weighted by Gasteiger charge is -2.21. The third kappa shape index (κ3) is 1.94. The summed E-state index contributed by atoms with van der Waals surface area (Å²) in [6.07, 6.45) is 0.645. The van der Waals surface area contributed by atoms with Gasteiger partial charge in [0, 0.05) is 0 Å². The van der Waals surface area contributed by atoms with Gasteiger partial charge in [-0.3, -0.25) is 0 Å². The lowest BCUT2D eigenvalue weighted by molar-refractivity contribution is 0.167. The Bertz CT molecular complexity index is 550. The van der Waals surface area contributed by atoms with E-state index in [2.05, 4.69) is 0 Å². The van der Waals surface area contributed by atoms with Gasteiger partial charge in [0.15, 0.2) is 11.5 Å². The number of hydrogen-bond donors (Lipinski definition) is 1. The Labute approximate surface area is 109 Å². The molecule has 18 heavy (non-hydrogen) atoms. The predicted octanol–water partition coefficient (Wildman–Crippen LogP) is 2.79. The molecule has 4 nitrogen and oxygen atoms in total. The first kappa shape index (κ1) is 11.4. The molecule has 0 saturated carbocycles. The van der Waals surface area contributed by atoms with Gasteiger partial charge in [0.2, 0.25) is 0 Å². The molecular weight excluding hydrogens is 256 g/mol. The van der Waals surface area contributed by atoms with Crippen LogP contribution in [-0.4, -0.2) is 18.3 Å². The summed E-state index contributed by atoms with van der Waals surface area (Å²) in [4.78, 5) is 0. The van der Waals surface area contributed by atoms with E-state index in [1.807, 2.05) is 0 Å². The number of fused-ring (bicyclic) bond motifs is 1. The predicted molar refractivity (Wildman–Crippen MR) is 65.2 cm³/mol. The van der Waals surface area contributed by atoms with Crippen molar-refractivity contribution in [2.24, 2.45) is 0 Å². The molecule has 1 atom stereocenters. The number of furan rings is 1. The van der Waals surface area contributed by atoms with Gasteiger partial charge in [-0.05, 0) is 29.8 Å². The maximum Gasteiger partial charge on any atom is 0.179 e. The molecule has 0 bridgehead atoms. The number of halogens is 1. The van der Waals surface area contributed by atoms with Crippen LogP contribution in [0.3, 0.4) is 0 Å². The van der Waals surface area contributed by atoms with Crippen LogP contribution >= 0.6 is 11.6 Å². The molecule has 3 rings (SSSR count). The van der Waals surface area contributed by atoms with Crippen molar-refractivity contribution in [2.75, 3.05) is 13.2 Å². The van der Waals surface area contributed by atoms with Gasteiger partial charge in [0.25, 0.3) is 0 Å². The van der Waals surface area contributed by atoms with Crippen molar-refractivity contribution >= 4 is 11.6 Å². The van der Waals surface area contributed by atoms with E-state index in [0.717, 1.165) is 0 Å². The smallest absolute Gasteiger partial charge is 0.179 e. The third-order valence-electron chi connectivity index (χ3n) is 2.75. The highest BCUT2D eigenvalue weighted by molar-refractivity contribution is 6.32. The van der Waals surface area contributed by atoms with E-state index in [1.54, 1.807) is 24.3 Å². The number of aliphatic hydroxyl groups excluding tert-OH is 1. The van der Waals surface area contributed by atoms with Gasteiger partial charge >= 0.3 is 0 Å². The van der Waals surface area contributed by atoms with Crippen LogP contribution in [0.25, 0.3) is 0 Å². The average molecular weight is 267 g/mol. The summed E-state index contributed by atoms with van der Waals surface area (Å²) >= 11 is 6.11. The summed E-state index contributed by atoms with van der Waals surface area (Å²) in [6, 6.07) is 6.80. The quantitative estimate of drug-likeness (QED) is 0.908. The molecule has 1 aromatic carbocycles. The van der Waals surface area contributed by atoms with E-state index < -0.39 is 6.10 Å². The molecular formula is C13H11ClO4. The van der Waals surface area contributed by atoms with Gasteiger partial charge in [-0.2, -0.15) is 0 Å². The molecule has 1 N–H and O–H groups in total. The first-order valence-electron chi connectivity index (χ1n) is 5.56. The van der Waals surface area contributed by atoms with Crippen LogP contribution < -0.4 is 9.47 Å². The maximum absolute atomic E-state index is 10.2. The molecule has 1 unspecified atom stereocenters. The molecule has 0 radical (unpaired) electrons. The standard InChI is InChI=1S/C13H11ClO4/c14-9-6-8(12(15)10-2-1-3-16-10)7-11-13(9)18-5-4-17-11/h1-3,6-7,12,15H,4-5H2. The van der Waals surface area contributed by atoms with Gasteiger partial charge in [0.05, 0.1) is 11.3 Å². The molecule has 1 aliphatic rings. The highest BCUT2D eigenvalue weighted by atomic mass is 35.5. The monoisotopic (exact) mass is 266 g/mol. The third-order valence-corrected chi connectivity index (χ3v) is 3.03. The summed E-state index contributed by atoms with van der Waals surface area (Å²) in [5, 5.41) is 10.6. The average Bonchev–Trinajstić information content (AvgIpc) is 2.91. The van der Waals surface area contributed by atoms with Crippen molar-refractivity contribution in [3.8, 4) is 11.5 Å². The normalized spacial score (nSPS) is 15.4. The molecule has 0 saturated heterocycles. The van der Waals surface area contributed by atoms with Gasteiger partial charge in [-0.15, -0.1) is 0 Å². The minimum absolute atomic E-state index is 0.424. The lowest BCUT2D eigenvalue weighted by atomic mass is 10.1. The molecule has 2 heterocycles. The van der Waals surface area contributed by atoms with E-state index in [9.17, 15) is 5.11 Å². The number of aliphatic hydroxyl groups is 1. The molecule has 0 spiro atoms. The van der Waals surface area contributed by atoms with Crippen molar-refractivity contribution in [3.05, 3.63) is 46.9 Å². The summed E-state index contributed by atoms with van der Waals surface area (Å²) in [5.41, 5.74) is 0.610. The second-order valence-electron chi connectivity index (χ2n) is 3.94. The second kappa shape index (κ2) is 4.55. The molecule has 94 valence electrons. The Kier molecular flexibility index (Phi) is 2.89. The van der Waals surface area contributed by atoms with Gasteiger partial charge in [-0.25, -0.2) is 0 Å². The van der Waals surface area contributed by atoms with E-state index in [1.165, 1.54) is 6.26 Å². The number of benzene rings is 1. The van der Waals surface area contributed by atoms with Crippen molar-refractivity contribution < 1.29 is 19.0 Å². The van der Waals surface area contributed by atoms with E-state index >= 15 is 0 Å². The van der Waals surface area contributed by atoms with Crippen LogP contribution in [0.4, 0.5) is 0 Å². The van der Waals surface area contributed by atoms with Crippen LogP contribution in [0.15, 0.2) is 34.9 Å². The lowest BCUT2D eigenvalue weighted by Crippen LogP contribution is -2.16. The van der Waals surface area contributed by atoms with Crippen LogP contribution in [-0.2, 0) is 0 Å². The van der Waals surface area contributed by atoms with Crippen molar-refractivity contribution in [1.29, 1.82) is 0 Å². The number of rotatable bonds is 2. The first-order valence-corrected chi connectivity index (χ1v) is 5.94. The zero-order valence-electron chi connectivity index (χ0n) is 9.43. The van der Waals surface area contributed by atoms with Crippen LogP contribution in [0.5, 0.6) is 11.5 Å². The van der Waals surface area contributed by atoms with Crippen LogP contribution in [0.2, 0.25) is 5.02 Å². The molecule has 1 aromatic heterocycles. The fourth-order valence-electron chi connectivity index (χ4n) is 1.90. The second-order valence-corrected chi connectivity index (χ2v) is 4.35. The molecule has 1 aliphatic heterocycles. The van der Waals surface area contributed by atoms with E-state index in [-0.39, 0.29) is 0 Å². The summed E-state index contributed by atoms with van der Waals surface area (Å²) in [7, 11) is 0. The van der Waals surface area contributed by atoms with E-state index in [0.29, 0.717) is 41.1 Å². The molecule has 0 amide bonds. The minimum Gasteiger partial charge on any atom is -0.486 e. The topological polar surface area (TPSA) is 51.8 Å². The van der Waals surface area contributed by atoms with Crippen molar-refractivity contribution in [1.82, 2.24) is 0 Å². The largest absolute Gasteiger partial charge is 0.486 e. The van der Waals surface area contributed by atoms with Crippen molar-refractivity contribution in [2.45, 2.75) is 6.10 Å². The Morgan fingerprint density at radius 1 is 1.22 bits per heavy atom. The summed E-state index contributed by atoms with van der Waals surface area (Å²) < 4.78 is 16.0. The maximum atomic E-state index is 10.2. The fraction of sp³-hybridized carbons (Fsp3) is 0.231. The van der Waals surface area contributed by atoms with Gasteiger partial charge in [0.1, 0.15) is 25.1 Å². The summed E-state index contributed by atoms with van der Waals surface area (Å²) in [5.74, 6) is 1.54. The first-order chi connectivity index (χ1) is 8.75. The Hall–Kier alpha value is -1.65. The SMILES string of the molecule is OC(c1cc(Cl)c2c(c1)OCCO2)c1ccco1. The zero-order chi connectivity index (χ0) is 12.5. The zero-order valence-corrected chi connectivity index (χ0v) is 10.2. The van der Waals surface area contributed by atoms with E-state index in [4.69, 9.17) is 25.5 Å². The highest BCUT2D eigenvalue weighted by Gasteiger charge is 2.21. The number of hydrogen-bond acceptors (Lipinski definition) is 4. The van der Waals surface area contributed by atoms with Crippen LogP contribution in [0, 0.1) is 0 Å². The summed E-state index contributed by atoms with van der Waals surface area (Å²) in [6.45, 7) is 0.955. The molecule has 0 aliphatic carbocycles. The Morgan fingerprint density at radius 2 is 2.06 bits per heavy atom. The van der Waals surface area contributed by atoms with Crippen molar-refractivity contribution in [3.63, 3.8) is 0 Å². The fourth-order valence-corrected chi connectivity index (χ4v) is 2.17. The molecule has 5 heteroatoms. The van der Waals surface area contributed by atoms with Gasteiger partial charge < -0.3 is 19.0 Å². The minimum atomic E-state index is -0.867. The Morgan fingerprint density at radius 3 is 2.83 bits per heavy atom.